The first-order valence-corrected chi connectivity index (χ1v) is 6.22. The van der Waals surface area contributed by atoms with Gasteiger partial charge in [-0.1, -0.05) is 29.3 Å². The van der Waals surface area contributed by atoms with Crippen molar-refractivity contribution in [2.45, 2.75) is 5.38 Å². The predicted molar refractivity (Wildman–Crippen MR) is 70.5 cm³/mol. The lowest BCUT2D eigenvalue weighted by molar-refractivity contribution is 0.587. The van der Waals surface area contributed by atoms with Crippen LogP contribution in [-0.4, -0.2) is 0 Å². The van der Waals surface area contributed by atoms with E-state index in [0.29, 0.717) is 15.6 Å². The van der Waals surface area contributed by atoms with E-state index in [9.17, 15) is 8.78 Å². The Morgan fingerprint density at radius 3 is 2.28 bits per heavy atom. The van der Waals surface area contributed by atoms with Crippen molar-refractivity contribution in [3.63, 3.8) is 0 Å². The minimum absolute atomic E-state index is 0.0649. The lowest BCUT2D eigenvalue weighted by Crippen LogP contribution is -1.98. The Bertz CT molecular complexity index is 584. The SMILES string of the molecule is Fc1ccc(F)c(C(Cl)c2ccc(Cl)c(Cl)c2)c1. The first kappa shape index (κ1) is 13.6. The van der Waals surface area contributed by atoms with Crippen LogP contribution in [-0.2, 0) is 0 Å². The molecule has 0 bridgehead atoms. The van der Waals surface area contributed by atoms with E-state index in [2.05, 4.69) is 0 Å². The van der Waals surface area contributed by atoms with Gasteiger partial charge in [-0.05, 0) is 35.9 Å². The molecule has 2 rings (SSSR count). The average molecular weight is 308 g/mol. The summed E-state index contributed by atoms with van der Waals surface area (Å²) < 4.78 is 26.7. The third-order valence-corrected chi connectivity index (χ3v) is 3.69. The molecule has 0 aromatic heterocycles. The minimum Gasteiger partial charge on any atom is -0.207 e. The highest BCUT2D eigenvalue weighted by molar-refractivity contribution is 6.42. The first-order valence-electron chi connectivity index (χ1n) is 5.03. The standard InChI is InChI=1S/C13H7Cl3F2/c14-10-3-1-7(5-11(10)15)13(16)9-6-8(17)2-4-12(9)18/h1-6,13H. The van der Waals surface area contributed by atoms with Crippen molar-refractivity contribution in [1.29, 1.82) is 0 Å². The summed E-state index contributed by atoms with van der Waals surface area (Å²) in [5.41, 5.74) is 0.616. The number of halogens is 5. The van der Waals surface area contributed by atoms with Crippen LogP contribution in [0, 0.1) is 11.6 Å². The number of hydrogen-bond acceptors (Lipinski definition) is 0. The Hall–Kier alpha value is -0.830. The van der Waals surface area contributed by atoms with Gasteiger partial charge >= 0.3 is 0 Å². The molecule has 5 heteroatoms. The minimum atomic E-state index is -0.824. The van der Waals surface area contributed by atoms with Gasteiger partial charge in [0, 0.05) is 5.56 Å². The number of hydrogen-bond donors (Lipinski definition) is 0. The average Bonchev–Trinajstić information content (AvgIpc) is 2.35. The summed E-state index contributed by atoms with van der Waals surface area (Å²) in [6.45, 7) is 0. The molecule has 94 valence electrons. The van der Waals surface area contributed by atoms with Crippen LogP contribution in [0.4, 0.5) is 8.78 Å². The quantitative estimate of drug-likeness (QED) is 0.633. The topological polar surface area (TPSA) is 0 Å². The van der Waals surface area contributed by atoms with E-state index in [0.717, 1.165) is 18.2 Å². The Morgan fingerprint density at radius 2 is 1.61 bits per heavy atom. The van der Waals surface area contributed by atoms with Gasteiger partial charge in [0.1, 0.15) is 11.6 Å². The molecular formula is C13H7Cl3F2. The van der Waals surface area contributed by atoms with Gasteiger partial charge in [-0.3, -0.25) is 0 Å². The molecule has 0 nitrogen and oxygen atoms in total. The predicted octanol–water partition coefficient (Wildman–Crippen LogP) is 5.60. The van der Waals surface area contributed by atoms with Crippen molar-refractivity contribution < 1.29 is 8.78 Å². The molecular weight excluding hydrogens is 300 g/mol. The lowest BCUT2D eigenvalue weighted by atomic mass is 10.0. The van der Waals surface area contributed by atoms with Gasteiger partial charge in [0.05, 0.1) is 15.4 Å². The van der Waals surface area contributed by atoms with Crippen LogP contribution in [0.25, 0.3) is 0 Å². The third-order valence-electron chi connectivity index (χ3n) is 2.47. The van der Waals surface area contributed by atoms with Gasteiger partial charge in [0.25, 0.3) is 0 Å². The van der Waals surface area contributed by atoms with E-state index in [1.165, 1.54) is 6.07 Å². The van der Waals surface area contributed by atoms with Crippen molar-refractivity contribution in [3.8, 4) is 0 Å². The van der Waals surface area contributed by atoms with Crippen LogP contribution in [0.3, 0.4) is 0 Å². The highest BCUT2D eigenvalue weighted by atomic mass is 35.5. The molecule has 18 heavy (non-hydrogen) atoms. The maximum absolute atomic E-state index is 13.6. The Balaban J connectivity index is 2.44. The zero-order chi connectivity index (χ0) is 13.3. The van der Waals surface area contributed by atoms with E-state index >= 15 is 0 Å². The molecule has 0 aliphatic heterocycles. The number of rotatable bonds is 2. The summed E-state index contributed by atoms with van der Waals surface area (Å²) in [5.74, 6) is -1.11. The number of benzene rings is 2. The Morgan fingerprint density at radius 1 is 0.889 bits per heavy atom. The van der Waals surface area contributed by atoms with Crippen LogP contribution >= 0.6 is 34.8 Å². The molecule has 0 aliphatic carbocycles. The van der Waals surface area contributed by atoms with Crippen LogP contribution in [0.15, 0.2) is 36.4 Å². The largest absolute Gasteiger partial charge is 0.207 e. The van der Waals surface area contributed by atoms with Gasteiger partial charge in [-0.2, -0.15) is 0 Å². The van der Waals surface area contributed by atoms with E-state index in [4.69, 9.17) is 34.8 Å². The van der Waals surface area contributed by atoms with Crippen LogP contribution in [0.5, 0.6) is 0 Å². The van der Waals surface area contributed by atoms with E-state index < -0.39 is 17.0 Å². The molecule has 2 aromatic carbocycles. The zero-order valence-electron chi connectivity index (χ0n) is 8.93. The number of alkyl halides is 1. The second kappa shape index (κ2) is 5.43. The summed E-state index contributed by atoms with van der Waals surface area (Å²) in [6.07, 6.45) is 0. The van der Waals surface area contributed by atoms with Crippen LogP contribution in [0.2, 0.25) is 10.0 Å². The second-order valence-electron chi connectivity index (χ2n) is 3.70. The molecule has 1 unspecified atom stereocenters. The molecule has 0 saturated heterocycles. The van der Waals surface area contributed by atoms with Crippen molar-refractivity contribution in [2.75, 3.05) is 0 Å². The lowest BCUT2D eigenvalue weighted by Gasteiger charge is -2.12. The van der Waals surface area contributed by atoms with Gasteiger partial charge in [0.2, 0.25) is 0 Å². The molecule has 2 aromatic rings. The second-order valence-corrected chi connectivity index (χ2v) is 4.95. The summed E-state index contributed by atoms with van der Waals surface area (Å²) >= 11 is 17.8. The molecule has 0 heterocycles. The van der Waals surface area contributed by atoms with Crippen LogP contribution in [0.1, 0.15) is 16.5 Å². The molecule has 1 atom stereocenters. The molecule has 0 spiro atoms. The van der Waals surface area contributed by atoms with Crippen molar-refractivity contribution in [3.05, 3.63) is 69.2 Å². The van der Waals surface area contributed by atoms with E-state index in [-0.39, 0.29) is 5.56 Å². The van der Waals surface area contributed by atoms with Gasteiger partial charge in [-0.15, -0.1) is 11.6 Å². The van der Waals surface area contributed by atoms with Crippen LogP contribution < -0.4 is 0 Å². The summed E-state index contributed by atoms with van der Waals surface area (Å²) in [5, 5.41) is -0.129. The third kappa shape index (κ3) is 2.77. The summed E-state index contributed by atoms with van der Waals surface area (Å²) in [7, 11) is 0. The zero-order valence-corrected chi connectivity index (χ0v) is 11.2. The highest BCUT2D eigenvalue weighted by Gasteiger charge is 2.17. The molecule has 0 fully saturated rings. The van der Waals surface area contributed by atoms with Crippen molar-refractivity contribution in [1.82, 2.24) is 0 Å². The smallest absolute Gasteiger partial charge is 0.128 e. The van der Waals surface area contributed by atoms with Gasteiger partial charge in [0.15, 0.2) is 0 Å². The van der Waals surface area contributed by atoms with Gasteiger partial charge in [-0.25, -0.2) is 8.78 Å². The monoisotopic (exact) mass is 306 g/mol. The Labute approximate surface area is 118 Å². The maximum Gasteiger partial charge on any atom is 0.128 e. The van der Waals surface area contributed by atoms with E-state index in [1.807, 2.05) is 0 Å². The van der Waals surface area contributed by atoms with Gasteiger partial charge < -0.3 is 0 Å². The maximum atomic E-state index is 13.6. The van der Waals surface area contributed by atoms with Crippen molar-refractivity contribution in [2.24, 2.45) is 0 Å². The molecule has 0 aliphatic rings. The summed E-state index contributed by atoms with van der Waals surface area (Å²) in [6, 6.07) is 7.86. The fourth-order valence-corrected chi connectivity index (χ4v) is 2.17. The van der Waals surface area contributed by atoms with E-state index in [1.54, 1.807) is 12.1 Å². The molecule has 0 radical (unpaired) electrons. The fourth-order valence-electron chi connectivity index (χ4n) is 1.56. The molecule has 0 N–H and O–H groups in total. The Kier molecular flexibility index (Phi) is 4.10. The normalized spacial score (nSPS) is 12.5. The first-order chi connectivity index (χ1) is 8.49. The van der Waals surface area contributed by atoms with Crippen molar-refractivity contribution >= 4 is 34.8 Å². The molecule has 0 amide bonds. The highest BCUT2D eigenvalue weighted by Crippen LogP contribution is 2.34. The summed E-state index contributed by atoms with van der Waals surface area (Å²) in [4.78, 5) is 0. The fraction of sp³-hybridized carbons (Fsp3) is 0.0769. The molecule has 0 saturated carbocycles.